The normalized spacial score (nSPS) is 17.6. The molecule has 2 heterocycles. The molecule has 2 fully saturated rings. The highest BCUT2D eigenvalue weighted by Gasteiger charge is 2.38. The molecule has 3 atom stereocenters. The van der Waals surface area contributed by atoms with E-state index in [0.717, 1.165) is 74.6 Å². The van der Waals surface area contributed by atoms with E-state index in [9.17, 15) is 9.59 Å². The molecule has 0 aromatic heterocycles. The highest BCUT2D eigenvalue weighted by Crippen LogP contribution is 2.37. The van der Waals surface area contributed by atoms with E-state index in [1.807, 2.05) is 43.3 Å². The Kier molecular flexibility index (Phi) is 14.2. The van der Waals surface area contributed by atoms with Gasteiger partial charge in [-0.05, 0) is 111 Å². The minimum Gasteiger partial charge on any atom is -0.493 e. The molecule has 0 spiro atoms. The van der Waals surface area contributed by atoms with Crippen molar-refractivity contribution in [3.63, 3.8) is 0 Å². The summed E-state index contributed by atoms with van der Waals surface area (Å²) in [6.45, 7) is 15.3. The fourth-order valence-electron chi connectivity index (χ4n) is 7.26. The molecule has 0 radical (unpaired) electrons. The van der Waals surface area contributed by atoms with Crippen LogP contribution >= 0.6 is 0 Å². The molecule has 2 aliphatic rings. The number of carbonyl (C=O) groups excluding carboxylic acids is 2. The van der Waals surface area contributed by atoms with Gasteiger partial charge in [0.15, 0.2) is 11.5 Å². The number of aryl methyl sites for hydroxylation is 4. The van der Waals surface area contributed by atoms with Crippen molar-refractivity contribution in [3.8, 4) is 17.2 Å². The molecule has 9 nitrogen and oxygen atoms in total. The third kappa shape index (κ3) is 9.95. The van der Waals surface area contributed by atoms with Gasteiger partial charge in [-0.25, -0.2) is 4.79 Å². The summed E-state index contributed by atoms with van der Waals surface area (Å²) < 4.78 is 29.3. The third-order valence-electron chi connectivity index (χ3n) is 10.4. The molecular formula is C43H56N2O7. The van der Waals surface area contributed by atoms with Gasteiger partial charge in [0.05, 0.1) is 33.4 Å². The molecule has 3 aromatic rings. The lowest BCUT2D eigenvalue weighted by atomic mass is 9.90. The predicted octanol–water partition coefficient (Wildman–Crippen LogP) is 7.30. The van der Waals surface area contributed by atoms with Gasteiger partial charge in [0.2, 0.25) is 5.91 Å². The molecule has 2 unspecified atom stereocenters. The molecule has 1 amide bonds. The van der Waals surface area contributed by atoms with Crippen LogP contribution in [0.2, 0.25) is 0 Å². The number of benzene rings is 3. The Bertz CT molecular complexity index is 1670. The van der Waals surface area contributed by atoms with Crippen LogP contribution in [0.3, 0.4) is 0 Å². The lowest BCUT2D eigenvalue weighted by Gasteiger charge is -2.37. The van der Waals surface area contributed by atoms with Crippen molar-refractivity contribution in [2.45, 2.75) is 77.4 Å². The van der Waals surface area contributed by atoms with Crippen LogP contribution in [0.5, 0.6) is 17.2 Å². The lowest BCUT2D eigenvalue weighted by molar-refractivity contribution is -0.162. The molecule has 0 aliphatic carbocycles. The molecule has 0 saturated carbocycles. The average Bonchev–Trinajstić information content (AvgIpc) is 3.16. The summed E-state index contributed by atoms with van der Waals surface area (Å²) in [6.07, 6.45) is 5.18. The molecule has 0 N–H and O–H groups in total. The summed E-state index contributed by atoms with van der Waals surface area (Å²) in [5.74, 6) is 0.913. The second kappa shape index (κ2) is 18.9. The van der Waals surface area contributed by atoms with Crippen LogP contribution in [0, 0.1) is 20.8 Å². The number of hydrogen-bond acceptors (Lipinski definition) is 8. The topological polar surface area (TPSA) is 86.8 Å². The number of nitrogens with zero attached hydrogens (tertiary/aromatic N) is 2. The Balaban J connectivity index is 1.36. The number of hydrogen-bond donors (Lipinski definition) is 0. The first kappa shape index (κ1) is 38.9. The van der Waals surface area contributed by atoms with Gasteiger partial charge in [0.25, 0.3) is 0 Å². The maximum atomic E-state index is 14.4. The highest BCUT2D eigenvalue weighted by molar-refractivity contribution is 5.89. The van der Waals surface area contributed by atoms with Gasteiger partial charge in [-0.1, -0.05) is 42.5 Å². The SMILES string of the molecule is C=CCC(C(=O)N1CCCC[C@H]1C(=O)OC(CCc1ccc(C)c(C)c1)c1cccc(OCCN2CCOCC2)c1)c1cc(C)c(OC)c(OC)c1. The zero-order valence-corrected chi connectivity index (χ0v) is 31.7. The van der Waals surface area contributed by atoms with E-state index in [2.05, 4.69) is 43.5 Å². The Morgan fingerprint density at radius 2 is 1.73 bits per heavy atom. The molecule has 5 rings (SSSR count). The molecule has 3 aromatic carbocycles. The van der Waals surface area contributed by atoms with Crippen molar-refractivity contribution in [3.05, 3.63) is 101 Å². The van der Waals surface area contributed by atoms with Crippen molar-refractivity contribution >= 4 is 11.9 Å². The van der Waals surface area contributed by atoms with Crippen molar-refractivity contribution in [1.29, 1.82) is 0 Å². The number of morpholine rings is 1. The summed E-state index contributed by atoms with van der Waals surface area (Å²) in [4.78, 5) is 32.8. The first-order chi connectivity index (χ1) is 25.2. The predicted molar refractivity (Wildman–Crippen MR) is 203 cm³/mol. The van der Waals surface area contributed by atoms with Crippen molar-refractivity contribution in [1.82, 2.24) is 9.80 Å². The second-order valence-corrected chi connectivity index (χ2v) is 14.0. The van der Waals surface area contributed by atoms with Gasteiger partial charge in [0, 0.05) is 26.2 Å². The fraction of sp³-hybridized carbons (Fsp3) is 0.488. The molecule has 280 valence electrons. The van der Waals surface area contributed by atoms with Gasteiger partial charge in [-0.3, -0.25) is 9.69 Å². The van der Waals surface area contributed by atoms with Crippen LogP contribution in [0.25, 0.3) is 0 Å². The second-order valence-electron chi connectivity index (χ2n) is 14.0. The zero-order valence-electron chi connectivity index (χ0n) is 31.7. The maximum absolute atomic E-state index is 14.4. The average molecular weight is 713 g/mol. The van der Waals surface area contributed by atoms with Gasteiger partial charge in [-0.15, -0.1) is 6.58 Å². The molecule has 2 saturated heterocycles. The van der Waals surface area contributed by atoms with E-state index in [0.29, 0.717) is 43.9 Å². The standard InChI is InChI=1S/C43H56N2O7/c1-7-11-37(35-27-32(4)41(49-6)40(29-35)48-5)42(46)45-19-9-8-14-38(45)43(47)52-39(18-17-33-16-15-30(2)31(3)26-33)34-12-10-13-36(28-34)51-25-22-44-20-23-50-24-21-44/h7,10,12-13,15-16,26-29,37-39H,1,8-9,11,14,17-25H2,2-6H3/t37?,38-,39?/m0/s1. The van der Waals surface area contributed by atoms with Crippen LogP contribution in [0.1, 0.15) is 77.5 Å². The van der Waals surface area contributed by atoms with Crippen molar-refractivity contribution in [2.75, 3.05) is 60.2 Å². The van der Waals surface area contributed by atoms with Crippen LogP contribution < -0.4 is 14.2 Å². The third-order valence-corrected chi connectivity index (χ3v) is 10.4. The highest BCUT2D eigenvalue weighted by atomic mass is 16.5. The number of amides is 1. The molecule has 0 bridgehead atoms. The van der Waals surface area contributed by atoms with Crippen LogP contribution in [-0.4, -0.2) is 87.9 Å². The Morgan fingerprint density at radius 3 is 2.46 bits per heavy atom. The van der Waals surface area contributed by atoms with Crippen LogP contribution in [-0.2, 0) is 25.5 Å². The Hall–Kier alpha value is -4.34. The maximum Gasteiger partial charge on any atom is 0.329 e. The van der Waals surface area contributed by atoms with Crippen molar-refractivity contribution in [2.24, 2.45) is 0 Å². The van der Waals surface area contributed by atoms with Crippen LogP contribution in [0.15, 0.2) is 67.3 Å². The Labute approximate surface area is 309 Å². The van der Waals surface area contributed by atoms with Gasteiger partial charge in [-0.2, -0.15) is 0 Å². The van der Waals surface area contributed by atoms with E-state index in [-0.39, 0.29) is 11.9 Å². The summed E-state index contributed by atoms with van der Waals surface area (Å²) in [6, 6.07) is 17.5. The number of esters is 1. The Morgan fingerprint density at radius 1 is 0.923 bits per heavy atom. The van der Waals surface area contributed by atoms with E-state index < -0.39 is 18.1 Å². The van der Waals surface area contributed by atoms with Gasteiger partial charge >= 0.3 is 5.97 Å². The van der Waals surface area contributed by atoms with Gasteiger partial charge in [0.1, 0.15) is 24.5 Å². The van der Waals surface area contributed by atoms with E-state index >= 15 is 0 Å². The minimum atomic E-state index is -0.688. The largest absolute Gasteiger partial charge is 0.493 e. The summed E-state index contributed by atoms with van der Waals surface area (Å²) >= 11 is 0. The molecule has 52 heavy (non-hydrogen) atoms. The number of likely N-dealkylation sites (tertiary alicyclic amines) is 1. The number of carbonyl (C=O) groups is 2. The first-order valence-corrected chi connectivity index (χ1v) is 18.7. The van der Waals surface area contributed by atoms with Crippen LogP contribution in [0.4, 0.5) is 0 Å². The number of methoxy groups -OCH3 is 2. The summed E-state index contributed by atoms with van der Waals surface area (Å²) in [5.41, 5.74) is 6.21. The number of allylic oxidation sites excluding steroid dienone is 1. The van der Waals surface area contributed by atoms with E-state index in [4.69, 9.17) is 23.7 Å². The monoisotopic (exact) mass is 712 g/mol. The number of piperidine rings is 1. The fourth-order valence-corrected chi connectivity index (χ4v) is 7.26. The first-order valence-electron chi connectivity index (χ1n) is 18.7. The minimum absolute atomic E-state index is 0.115. The number of ether oxygens (including phenoxy) is 5. The smallest absolute Gasteiger partial charge is 0.329 e. The summed E-state index contributed by atoms with van der Waals surface area (Å²) in [7, 11) is 3.19. The molecular weight excluding hydrogens is 656 g/mol. The zero-order chi connectivity index (χ0) is 37.0. The lowest BCUT2D eigenvalue weighted by Crippen LogP contribution is -2.50. The summed E-state index contributed by atoms with van der Waals surface area (Å²) in [5, 5.41) is 0. The molecule has 9 heteroatoms. The van der Waals surface area contributed by atoms with Gasteiger partial charge < -0.3 is 28.6 Å². The van der Waals surface area contributed by atoms with E-state index in [1.54, 1.807) is 25.2 Å². The number of rotatable bonds is 16. The van der Waals surface area contributed by atoms with E-state index in [1.165, 1.54) is 16.7 Å². The van der Waals surface area contributed by atoms with Crippen molar-refractivity contribution < 1.29 is 33.3 Å². The quantitative estimate of drug-likeness (QED) is 0.113. The molecule has 2 aliphatic heterocycles.